The van der Waals surface area contributed by atoms with Crippen molar-refractivity contribution in [3.8, 4) is 0 Å². The molecule has 2 unspecified atom stereocenters. The third kappa shape index (κ3) is 1.27. The molecule has 0 fully saturated rings. The molecule has 2 aromatic rings. The molecule has 76 valence electrons. The van der Waals surface area contributed by atoms with Crippen molar-refractivity contribution in [1.82, 2.24) is 0 Å². The molecule has 0 bridgehead atoms. The van der Waals surface area contributed by atoms with Gasteiger partial charge in [-0.2, -0.15) is 4.47 Å². The molecule has 3 nitrogen and oxygen atoms in total. The van der Waals surface area contributed by atoms with E-state index in [1.54, 1.807) is 6.07 Å². The van der Waals surface area contributed by atoms with Crippen molar-refractivity contribution in [3.63, 3.8) is 0 Å². The largest absolute Gasteiger partial charge is 0.588 e. The fourth-order valence-corrected chi connectivity index (χ4v) is 3.20. The van der Waals surface area contributed by atoms with Gasteiger partial charge in [-0.3, -0.25) is 0 Å². The molecule has 0 aromatic heterocycles. The van der Waals surface area contributed by atoms with Crippen molar-refractivity contribution < 1.29 is 9.02 Å². The van der Waals surface area contributed by atoms with Gasteiger partial charge in [0.25, 0.3) is 0 Å². The molecule has 0 saturated heterocycles. The molecule has 0 amide bonds. The SMILES string of the molecule is [O-][NH+]1Cc2cccc3cccc(c23)[S+]1[O-]. The summed E-state index contributed by atoms with van der Waals surface area (Å²) in [6, 6.07) is 11.4. The van der Waals surface area contributed by atoms with Gasteiger partial charge in [-0.25, -0.2) is 0 Å². The number of hydrogen-bond donors (Lipinski definition) is 1. The maximum atomic E-state index is 11.8. The van der Waals surface area contributed by atoms with Crippen LogP contribution in [0.3, 0.4) is 0 Å². The lowest BCUT2D eigenvalue weighted by molar-refractivity contribution is -0.724. The lowest BCUT2D eigenvalue weighted by Crippen LogP contribution is -3.08. The van der Waals surface area contributed by atoms with Crippen LogP contribution in [0.25, 0.3) is 10.8 Å². The number of benzene rings is 2. The summed E-state index contributed by atoms with van der Waals surface area (Å²) in [6.07, 6.45) is 0. The summed E-state index contributed by atoms with van der Waals surface area (Å²) in [4.78, 5) is 0.666. The van der Waals surface area contributed by atoms with Crippen molar-refractivity contribution in [3.05, 3.63) is 47.2 Å². The van der Waals surface area contributed by atoms with E-state index in [-0.39, 0.29) is 4.47 Å². The smallest absolute Gasteiger partial charge is 0.219 e. The number of hydroxylamine groups is 1. The minimum absolute atomic E-state index is 0.193. The van der Waals surface area contributed by atoms with Gasteiger partial charge in [0.2, 0.25) is 4.90 Å². The molecule has 2 aromatic carbocycles. The predicted molar refractivity (Wildman–Crippen MR) is 58.4 cm³/mol. The van der Waals surface area contributed by atoms with Crippen LogP contribution in [0.4, 0.5) is 0 Å². The first kappa shape index (κ1) is 9.18. The molecule has 1 N–H and O–H groups in total. The van der Waals surface area contributed by atoms with Crippen LogP contribution in [0, 0.1) is 5.21 Å². The standard InChI is InChI=1S/C11H9NO2S/c13-12-7-9-5-1-3-8-4-2-6-10(11(8)9)15(12)14/h1-6,12H,7H2. The van der Waals surface area contributed by atoms with Crippen molar-refractivity contribution in [1.29, 1.82) is 0 Å². The van der Waals surface area contributed by atoms with Crippen LogP contribution in [0.1, 0.15) is 5.56 Å². The van der Waals surface area contributed by atoms with Gasteiger partial charge in [0.05, 0.1) is 5.39 Å². The second-order valence-electron chi connectivity index (χ2n) is 3.59. The zero-order valence-electron chi connectivity index (χ0n) is 7.90. The minimum atomic E-state index is -1.47. The number of hydrogen-bond acceptors (Lipinski definition) is 2. The van der Waals surface area contributed by atoms with Crippen LogP contribution in [-0.4, -0.2) is 4.55 Å². The Kier molecular flexibility index (Phi) is 1.97. The lowest BCUT2D eigenvalue weighted by Gasteiger charge is -2.27. The molecule has 4 heteroatoms. The zero-order valence-corrected chi connectivity index (χ0v) is 8.71. The molecule has 0 saturated carbocycles. The molecule has 1 aliphatic rings. The van der Waals surface area contributed by atoms with Crippen molar-refractivity contribution >= 4 is 22.1 Å². The highest BCUT2D eigenvalue weighted by Crippen LogP contribution is 2.27. The Morgan fingerprint density at radius 3 is 2.67 bits per heavy atom. The first-order valence-corrected chi connectivity index (χ1v) is 5.87. The van der Waals surface area contributed by atoms with E-state index in [1.807, 2.05) is 30.3 Å². The van der Waals surface area contributed by atoms with Crippen molar-refractivity contribution in [2.45, 2.75) is 11.4 Å². The predicted octanol–water partition coefficient (Wildman–Crippen LogP) is 0.759. The van der Waals surface area contributed by atoms with E-state index >= 15 is 0 Å². The monoisotopic (exact) mass is 219 g/mol. The maximum absolute atomic E-state index is 11.8. The molecule has 2 atom stereocenters. The first-order valence-electron chi connectivity index (χ1n) is 4.72. The van der Waals surface area contributed by atoms with E-state index in [1.165, 1.54) is 0 Å². The molecule has 0 radical (unpaired) electrons. The highest BCUT2D eigenvalue weighted by Gasteiger charge is 2.29. The Hall–Kier alpha value is -1.07. The Labute approximate surface area is 90.2 Å². The Balaban J connectivity index is 2.41. The molecular formula is C11H9NO2S. The van der Waals surface area contributed by atoms with Gasteiger partial charge in [-0.15, -0.1) is 0 Å². The molecule has 0 aliphatic carbocycles. The average Bonchev–Trinajstić information content (AvgIpc) is 2.26. The maximum Gasteiger partial charge on any atom is 0.219 e. The summed E-state index contributed by atoms with van der Waals surface area (Å²) in [5.74, 6) is 0. The molecule has 0 spiro atoms. The van der Waals surface area contributed by atoms with E-state index in [9.17, 15) is 9.76 Å². The second-order valence-corrected chi connectivity index (χ2v) is 5.02. The summed E-state index contributed by atoms with van der Waals surface area (Å²) in [6.45, 7) is 0.293. The topological polar surface area (TPSA) is 50.6 Å². The molecule has 1 aliphatic heterocycles. The van der Waals surface area contributed by atoms with Crippen molar-refractivity contribution in [2.75, 3.05) is 0 Å². The first-order chi connectivity index (χ1) is 7.27. The third-order valence-electron chi connectivity index (χ3n) is 2.69. The van der Waals surface area contributed by atoms with Gasteiger partial charge < -0.3 is 9.76 Å². The van der Waals surface area contributed by atoms with Gasteiger partial charge >= 0.3 is 0 Å². The Morgan fingerprint density at radius 1 is 1.13 bits per heavy atom. The van der Waals surface area contributed by atoms with E-state index in [2.05, 4.69) is 0 Å². The van der Waals surface area contributed by atoms with Crippen LogP contribution in [0.5, 0.6) is 0 Å². The summed E-state index contributed by atoms with van der Waals surface area (Å²) in [7, 11) is 0. The van der Waals surface area contributed by atoms with E-state index in [0.717, 1.165) is 16.3 Å². The van der Waals surface area contributed by atoms with Crippen LogP contribution in [-0.2, 0) is 17.9 Å². The fraction of sp³-hybridized carbons (Fsp3) is 0.0909. The second kappa shape index (κ2) is 3.21. The molecule has 3 rings (SSSR count). The van der Waals surface area contributed by atoms with Gasteiger partial charge in [-0.05, 0) is 11.5 Å². The number of nitrogens with one attached hydrogen (secondary N) is 1. The van der Waals surface area contributed by atoms with Crippen LogP contribution in [0.2, 0.25) is 0 Å². The Morgan fingerprint density at radius 2 is 1.87 bits per heavy atom. The molecule has 15 heavy (non-hydrogen) atoms. The fourth-order valence-electron chi connectivity index (χ4n) is 2.03. The van der Waals surface area contributed by atoms with Gasteiger partial charge in [-0.1, -0.05) is 30.3 Å². The number of quaternary nitrogens is 1. The third-order valence-corrected chi connectivity index (χ3v) is 3.99. The normalized spacial score (nSPS) is 24.4. The number of rotatable bonds is 0. The van der Waals surface area contributed by atoms with Crippen LogP contribution in [0.15, 0.2) is 41.3 Å². The summed E-state index contributed by atoms with van der Waals surface area (Å²) < 4.78 is 11.6. The van der Waals surface area contributed by atoms with E-state index in [0.29, 0.717) is 11.4 Å². The van der Waals surface area contributed by atoms with Crippen molar-refractivity contribution in [2.24, 2.45) is 0 Å². The minimum Gasteiger partial charge on any atom is -0.588 e. The lowest BCUT2D eigenvalue weighted by atomic mass is 10.0. The van der Waals surface area contributed by atoms with Gasteiger partial charge in [0, 0.05) is 5.56 Å². The summed E-state index contributed by atoms with van der Waals surface area (Å²) >= 11 is -1.47. The highest BCUT2D eigenvalue weighted by molar-refractivity contribution is 7.85. The van der Waals surface area contributed by atoms with E-state index in [4.69, 9.17) is 0 Å². The highest BCUT2D eigenvalue weighted by atomic mass is 32.2. The van der Waals surface area contributed by atoms with Crippen LogP contribution >= 0.6 is 0 Å². The average molecular weight is 219 g/mol. The summed E-state index contributed by atoms with van der Waals surface area (Å²) in [5.41, 5.74) is 0.993. The Bertz CT molecular complexity index is 524. The van der Waals surface area contributed by atoms with E-state index < -0.39 is 11.4 Å². The molecular weight excluding hydrogens is 210 g/mol. The molecule has 1 heterocycles. The van der Waals surface area contributed by atoms with Gasteiger partial charge in [0.15, 0.2) is 11.4 Å². The zero-order chi connectivity index (χ0) is 10.4. The van der Waals surface area contributed by atoms with Crippen LogP contribution < -0.4 is 4.47 Å². The summed E-state index contributed by atoms with van der Waals surface area (Å²) in [5, 5.41) is 13.6. The quantitative estimate of drug-likeness (QED) is 0.525. The van der Waals surface area contributed by atoms with Gasteiger partial charge in [0.1, 0.15) is 6.54 Å².